The van der Waals surface area contributed by atoms with E-state index in [0.29, 0.717) is 18.5 Å². The van der Waals surface area contributed by atoms with Crippen LogP contribution in [-0.2, 0) is 21.9 Å². The average Bonchev–Trinajstić information content (AvgIpc) is 2.69. The minimum atomic E-state index is -3.58. The number of aromatic nitrogens is 2. The zero-order valence-corrected chi connectivity index (χ0v) is 11.7. The maximum Gasteiger partial charge on any atom is 0.246 e. The van der Waals surface area contributed by atoms with Gasteiger partial charge >= 0.3 is 0 Å². The summed E-state index contributed by atoms with van der Waals surface area (Å²) in [6.45, 7) is 2.05. The molecule has 1 fully saturated rings. The molecular weight excluding hydrogens is 270 g/mol. The lowest BCUT2D eigenvalue weighted by Gasteiger charge is -2.31. The standard InChI is InChI=1S/C11H17N3O4S/c1-8-10(7-13(2)12-8)19(17,18)14-5-3-9(4-6-14)11(15)16/h7,9H,3-6H2,1-2H3,(H,15,16)/p-1. The Bertz CT molecular complexity index is 585. The second-order valence-electron chi connectivity index (χ2n) is 4.75. The summed E-state index contributed by atoms with van der Waals surface area (Å²) >= 11 is 0. The first-order valence-corrected chi connectivity index (χ1v) is 7.47. The summed E-state index contributed by atoms with van der Waals surface area (Å²) < 4.78 is 27.6. The molecule has 0 radical (unpaired) electrons. The van der Waals surface area contributed by atoms with Gasteiger partial charge in [-0.05, 0) is 19.8 Å². The van der Waals surface area contributed by atoms with Crippen molar-refractivity contribution in [1.29, 1.82) is 0 Å². The van der Waals surface area contributed by atoms with Crippen LogP contribution in [0.25, 0.3) is 0 Å². The third-order valence-electron chi connectivity index (χ3n) is 3.37. The van der Waals surface area contributed by atoms with Gasteiger partial charge in [-0.15, -0.1) is 0 Å². The Morgan fingerprint density at radius 3 is 2.42 bits per heavy atom. The van der Waals surface area contributed by atoms with Gasteiger partial charge in [0.25, 0.3) is 0 Å². The van der Waals surface area contributed by atoms with Crippen molar-refractivity contribution in [2.75, 3.05) is 13.1 Å². The van der Waals surface area contributed by atoms with Crippen molar-refractivity contribution in [2.24, 2.45) is 13.0 Å². The lowest BCUT2D eigenvalue weighted by molar-refractivity contribution is -0.312. The Morgan fingerprint density at radius 1 is 1.42 bits per heavy atom. The summed E-state index contributed by atoms with van der Waals surface area (Å²) in [5.74, 6) is -1.66. The molecule has 1 aliphatic heterocycles. The summed E-state index contributed by atoms with van der Waals surface area (Å²) in [7, 11) is -1.92. The van der Waals surface area contributed by atoms with Gasteiger partial charge in [-0.3, -0.25) is 4.68 Å². The highest BCUT2D eigenvalue weighted by Crippen LogP contribution is 2.24. The highest BCUT2D eigenvalue weighted by Gasteiger charge is 2.31. The fourth-order valence-electron chi connectivity index (χ4n) is 2.30. The van der Waals surface area contributed by atoms with E-state index in [-0.39, 0.29) is 18.0 Å². The third-order valence-corrected chi connectivity index (χ3v) is 5.38. The zero-order valence-electron chi connectivity index (χ0n) is 10.9. The summed E-state index contributed by atoms with van der Waals surface area (Å²) in [6.07, 6.45) is 2.05. The molecule has 2 rings (SSSR count). The largest absolute Gasteiger partial charge is 0.550 e. The molecule has 1 saturated heterocycles. The molecular formula is C11H16N3O4S-. The summed E-state index contributed by atoms with van der Waals surface area (Å²) in [5, 5.41) is 14.8. The second kappa shape index (κ2) is 4.93. The number of carboxylic acids is 1. The van der Waals surface area contributed by atoms with Gasteiger partial charge in [0, 0.05) is 38.2 Å². The quantitative estimate of drug-likeness (QED) is 0.701. The van der Waals surface area contributed by atoms with Crippen molar-refractivity contribution in [3.8, 4) is 0 Å². The van der Waals surface area contributed by atoms with Crippen molar-refractivity contribution in [2.45, 2.75) is 24.7 Å². The van der Waals surface area contributed by atoms with Gasteiger partial charge in [0.05, 0.1) is 5.69 Å². The molecule has 0 unspecified atom stereocenters. The maximum absolute atomic E-state index is 12.4. The molecule has 0 N–H and O–H groups in total. The van der Waals surface area contributed by atoms with Crippen LogP contribution in [0.2, 0.25) is 0 Å². The lowest BCUT2D eigenvalue weighted by atomic mass is 9.99. The molecule has 0 atom stereocenters. The molecule has 0 spiro atoms. The minimum absolute atomic E-state index is 0.182. The number of nitrogens with zero attached hydrogens (tertiary/aromatic N) is 3. The summed E-state index contributed by atoms with van der Waals surface area (Å²) in [6, 6.07) is 0. The highest BCUT2D eigenvalue weighted by molar-refractivity contribution is 7.89. The summed E-state index contributed by atoms with van der Waals surface area (Å²) in [4.78, 5) is 10.9. The number of hydrogen-bond acceptors (Lipinski definition) is 5. The number of hydrogen-bond donors (Lipinski definition) is 0. The van der Waals surface area contributed by atoms with Crippen LogP contribution in [0.4, 0.5) is 0 Å². The topological polar surface area (TPSA) is 95.3 Å². The fraction of sp³-hybridized carbons (Fsp3) is 0.636. The van der Waals surface area contributed by atoms with E-state index in [1.54, 1.807) is 14.0 Å². The molecule has 1 aliphatic rings. The molecule has 0 bridgehead atoms. The van der Waals surface area contributed by atoms with Crippen LogP contribution < -0.4 is 5.11 Å². The van der Waals surface area contributed by atoms with Crippen LogP contribution in [0.5, 0.6) is 0 Å². The molecule has 0 aromatic carbocycles. The van der Waals surface area contributed by atoms with Gasteiger partial charge in [-0.25, -0.2) is 8.42 Å². The van der Waals surface area contributed by atoms with E-state index in [2.05, 4.69) is 5.10 Å². The molecule has 0 saturated carbocycles. The van der Waals surface area contributed by atoms with Crippen molar-refractivity contribution in [3.63, 3.8) is 0 Å². The van der Waals surface area contributed by atoms with Crippen LogP contribution in [0.1, 0.15) is 18.5 Å². The van der Waals surface area contributed by atoms with Crippen LogP contribution in [0.15, 0.2) is 11.1 Å². The number of rotatable bonds is 3. The Labute approximate surface area is 111 Å². The SMILES string of the molecule is Cc1nn(C)cc1S(=O)(=O)N1CCC(C(=O)[O-])CC1. The average molecular weight is 286 g/mol. The van der Waals surface area contributed by atoms with E-state index in [4.69, 9.17) is 0 Å². The van der Waals surface area contributed by atoms with Gasteiger partial charge in [0.1, 0.15) is 4.90 Å². The number of aryl methyl sites for hydroxylation is 2. The van der Waals surface area contributed by atoms with Crippen molar-refractivity contribution in [1.82, 2.24) is 14.1 Å². The van der Waals surface area contributed by atoms with Gasteiger partial charge in [-0.1, -0.05) is 0 Å². The zero-order chi connectivity index (χ0) is 14.2. The molecule has 2 heterocycles. The van der Waals surface area contributed by atoms with Gasteiger partial charge in [-0.2, -0.15) is 9.40 Å². The Hall–Kier alpha value is -1.41. The van der Waals surface area contributed by atoms with E-state index < -0.39 is 21.9 Å². The fourth-order valence-corrected chi connectivity index (χ4v) is 3.97. The molecule has 8 heteroatoms. The third kappa shape index (κ3) is 2.64. The molecule has 106 valence electrons. The highest BCUT2D eigenvalue weighted by atomic mass is 32.2. The smallest absolute Gasteiger partial charge is 0.246 e. The number of carbonyl (C=O) groups excluding carboxylic acids is 1. The number of carboxylic acid groups (broad SMARTS) is 1. The number of piperidine rings is 1. The molecule has 1 aromatic rings. The molecule has 1 aromatic heterocycles. The lowest BCUT2D eigenvalue weighted by Crippen LogP contribution is -2.43. The van der Waals surface area contributed by atoms with Crippen LogP contribution in [0.3, 0.4) is 0 Å². The van der Waals surface area contributed by atoms with E-state index in [0.717, 1.165) is 0 Å². The first kappa shape index (κ1) is 14.0. The first-order chi connectivity index (χ1) is 8.82. The monoisotopic (exact) mass is 286 g/mol. The second-order valence-corrected chi connectivity index (χ2v) is 6.66. The van der Waals surface area contributed by atoms with E-state index in [9.17, 15) is 18.3 Å². The minimum Gasteiger partial charge on any atom is -0.550 e. The molecule has 0 aliphatic carbocycles. The van der Waals surface area contributed by atoms with Crippen molar-refractivity contribution >= 4 is 16.0 Å². The Balaban J connectivity index is 2.19. The number of carbonyl (C=O) groups is 1. The molecule has 19 heavy (non-hydrogen) atoms. The van der Waals surface area contributed by atoms with Gasteiger partial charge < -0.3 is 9.90 Å². The van der Waals surface area contributed by atoms with E-state index in [1.165, 1.54) is 15.2 Å². The van der Waals surface area contributed by atoms with Gasteiger partial charge in [0.2, 0.25) is 10.0 Å². The van der Waals surface area contributed by atoms with Crippen molar-refractivity contribution in [3.05, 3.63) is 11.9 Å². The Kier molecular flexibility index (Phi) is 3.64. The van der Waals surface area contributed by atoms with Crippen LogP contribution in [0, 0.1) is 12.8 Å². The summed E-state index contributed by atoms with van der Waals surface area (Å²) in [5.41, 5.74) is 0.449. The van der Waals surface area contributed by atoms with E-state index >= 15 is 0 Å². The maximum atomic E-state index is 12.4. The van der Waals surface area contributed by atoms with Gasteiger partial charge in [0.15, 0.2) is 0 Å². The first-order valence-electron chi connectivity index (χ1n) is 6.03. The van der Waals surface area contributed by atoms with Crippen LogP contribution >= 0.6 is 0 Å². The Morgan fingerprint density at radius 2 is 2.00 bits per heavy atom. The normalized spacial score (nSPS) is 18.6. The van der Waals surface area contributed by atoms with E-state index in [1.807, 2.05) is 0 Å². The van der Waals surface area contributed by atoms with Crippen LogP contribution in [-0.4, -0.2) is 41.6 Å². The number of aliphatic carboxylic acids is 1. The molecule has 7 nitrogen and oxygen atoms in total. The van der Waals surface area contributed by atoms with Crippen molar-refractivity contribution < 1.29 is 18.3 Å². The molecule has 0 amide bonds. The predicted octanol–water partition coefficient (Wildman–Crippen LogP) is -1.12. The number of sulfonamides is 1. The predicted molar refractivity (Wildman–Crippen MR) is 64.4 cm³/mol.